The molecule has 0 bridgehead atoms. The quantitative estimate of drug-likeness (QED) is 0.708. The second kappa shape index (κ2) is 8.14. The Morgan fingerprint density at radius 1 is 1.25 bits per heavy atom. The molecule has 148 valence electrons. The maximum atomic E-state index is 13.0. The van der Waals surface area contributed by atoms with Gasteiger partial charge in [0.1, 0.15) is 36.0 Å². The number of aromatic amines is 1. The molecule has 0 spiro atoms. The molecule has 1 N–H and O–H groups in total. The Morgan fingerprint density at radius 3 is 2.89 bits per heavy atom. The molecule has 2 aromatic heterocycles. The summed E-state index contributed by atoms with van der Waals surface area (Å²) in [6.07, 6.45) is 4.65. The highest BCUT2D eigenvalue weighted by Crippen LogP contribution is 2.28. The molecule has 0 aliphatic carbocycles. The second-order valence-electron chi connectivity index (χ2n) is 7.48. The smallest absolute Gasteiger partial charge is 0.142 e. The minimum absolute atomic E-state index is 0.246. The zero-order chi connectivity index (χ0) is 19.5. The fourth-order valence-electron chi connectivity index (χ4n) is 3.94. The average molecular weight is 383 g/mol. The molecule has 1 aromatic carbocycles. The van der Waals surface area contributed by atoms with E-state index in [4.69, 9.17) is 4.74 Å². The van der Waals surface area contributed by atoms with Crippen molar-refractivity contribution in [2.75, 3.05) is 38.2 Å². The van der Waals surface area contributed by atoms with Gasteiger partial charge in [0.2, 0.25) is 0 Å². The van der Waals surface area contributed by atoms with Crippen LogP contribution in [-0.2, 0) is 0 Å². The van der Waals surface area contributed by atoms with Gasteiger partial charge in [-0.25, -0.2) is 14.4 Å². The van der Waals surface area contributed by atoms with Gasteiger partial charge >= 0.3 is 0 Å². The van der Waals surface area contributed by atoms with E-state index in [1.54, 1.807) is 18.5 Å². The normalized spacial score (nSPS) is 20.4. The van der Waals surface area contributed by atoms with Crippen LogP contribution in [0.5, 0.6) is 5.75 Å². The number of hydrogen-bond donors (Lipinski definition) is 1. The molecule has 28 heavy (non-hydrogen) atoms. The number of rotatable bonds is 6. The first-order chi connectivity index (χ1) is 13.6. The van der Waals surface area contributed by atoms with E-state index in [2.05, 4.69) is 38.7 Å². The average Bonchev–Trinajstić information content (AvgIpc) is 3.19. The first-order valence-corrected chi connectivity index (χ1v) is 9.73. The highest BCUT2D eigenvalue weighted by atomic mass is 19.1. The number of nitrogens with zero attached hydrogens (tertiary/aromatic N) is 4. The molecule has 2 atom stereocenters. The van der Waals surface area contributed by atoms with Crippen molar-refractivity contribution in [1.82, 2.24) is 19.9 Å². The first-order valence-electron chi connectivity index (χ1n) is 9.73. The Labute approximate surface area is 164 Å². The van der Waals surface area contributed by atoms with Crippen LogP contribution in [0.25, 0.3) is 11.0 Å². The highest BCUT2D eigenvalue weighted by Gasteiger charge is 2.30. The minimum Gasteiger partial charge on any atom is -0.492 e. The van der Waals surface area contributed by atoms with Crippen molar-refractivity contribution >= 4 is 16.9 Å². The Kier molecular flexibility index (Phi) is 5.43. The predicted molar refractivity (Wildman–Crippen MR) is 108 cm³/mol. The number of nitrogens with one attached hydrogen (secondary N) is 1. The molecule has 1 fully saturated rings. The maximum absolute atomic E-state index is 13.0. The van der Waals surface area contributed by atoms with Gasteiger partial charge in [0.05, 0.1) is 5.39 Å². The molecule has 4 rings (SSSR count). The molecule has 1 aliphatic heterocycles. The van der Waals surface area contributed by atoms with E-state index in [1.165, 1.54) is 12.1 Å². The zero-order valence-corrected chi connectivity index (χ0v) is 16.3. The van der Waals surface area contributed by atoms with Crippen molar-refractivity contribution in [1.29, 1.82) is 0 Å². The van der Waals surface area contributed by atoms with Gasteiger partial charge in [-0.15, -0.1) is 0 Å². The zero-order valence-electron chi connectivity index (χ0n) is 16.3. The third-order valence-corrected chi connectivity index (χ3v) is 5.66. The molecule has 0 amide bonds. The van der Waals surface area contributed by atoms with E-state index in [9.17, 15) is 4.39 Å². The lowest BCUT2D eigenvalue weighted by Gasteiger charge is -2.42. The largest absolute Gasteiger partial charge is 0.492 e. The number of piperidine rings is 1. The van der Waals surface area contributed by atoms with Crippen molar-refractivity contribution in [2.45, 2.75) is 19.4 Å². The number of likely N-dealkylation sites (tertiary alicyclic amines) is 1. The van der Waals surface area contributed by atoms with Crippen molar-refractivity contribution in [3.8, 4) is 5.75 Å². The highest BCUT2D eigenvalue weighted by molar-refractivity contribution is 5.87. The van der Waals surface area contributed by atoms with Crippen LogP contribution in [0.3, 0.4) is 0 Å². The molecular formula is C21H26FN5O. The van der Waals surface area contributed by atoms with Gasteiger partial charge in [0, 0.05) is 32.4 Å². The Hall–Kier alpha value is -2.67. The number of fused-ring (bicyclic) bond motifs is 1. The summed E-state index contributed by atoms with van der Waals surface area (Å²) in [6.45, 7) is 5.76. The Balaban J connectivity index is 1.39. The number of hydrogen-bond acceptors (Lipinski definition) is 5. The lowest BCUT2D eigenvalue weighted by Crippen LogP contribution is -2.52. The lowest BCUT2D eigenvalue weighted by atomic mass is 9.92. The summed E-state index contributed by atoms with van der Waals surface area (Å²) in [6, 6.07) is 8.58. The molecule has 3 heterocycles. The summed E-state index contributed by atoms with van der Waals surface area (Å²) >= 11 is 0. The van der Waals surface area contributed by atoms with Crippen LogP contribution in [0.2, 0.25) is 0 Å². The lowest BCUT2D eigenvalue weighted by molar-refractivity contribution is 0.141. The number of anilines is 1. The molecule has 7 heteroatoms. The molecule has 2 unspecified atom stereocenters. The number of likely N-dealkylation sites (N-methyl/N-ethyl adjacent to an activating group) is 1. The summed E-state index contributed by atoms with van der Waals surface area (Å²) in [4.78, 5) is 16.7. The summed E-state index contributed by atoms with van der Waals surface area (Å²) in [7, 11) is 2.12. The van der Waals surface area contributed by atoms with E-state index >= 15 is 0 Å². The molecule has 3 aromatic rings. The third-order valence-electron chi connectivity index (χ3n) is 5.66. The van der Waals surface area contributed by atoms with E-state index in [1.807, 2.05) is 12.3 Å². The van der Waals surface area contributed by atoms with Crippen LogP contribution in [-0.4, -0.2) is 59.2 Å². The first kappa shape index (κ1) is 18.7. The fraction of sp³-hybridized carbons (Fsp3) is 0.429. The van der Waals surface area contributed by atoms with Crippen LogP contribution in [0.1, 0.15) is 13.3 Å². The van der Waals surface area contributed by atoms with Crippen molar-refractivity contribution in [3.05, 3.63) is 48.7 Å². The van der Waals surface area contributed by atoms with Crippen LogP contribution in [0, 0.1) is 11.7 Å². The summed E-state index contributed by atoms with van der Waals surface area (Å²) in [5, 5.41) is 1.05. The van der Waals surface area contributed by atoms with Gasteiger partial charge < -0.3 is 14.6 Å². The van der Waals surface area contributed by atoms with E-state index < -0.39 is 0 Å². The Morgan fingerprint density at radius 2 is 2.07 bits per heavy atom. The van der Waals surface area contributed by atoms with E-state index in [0.29, 0.717) is 24.3 Å². The summed E-state index contributed by atoms with van der Waals surface area (Å²) < 4.78 is 18.8. The number of H-pyrrole nitrogens is 1. The van der Waals surface area contributed by atoms with Gasteiger partial charge in [-0.1, -0.05) is 6.92 Å². The molecule has 1 saturated heterocycles. The molecular weight excluding hydrogens is 357 g/mol. The van der Waals surface area contributed by atoms with E-state index in [0.717, 1.165) is 42.9 Å². The molecule has 0 radical (unpaired) electrons. The second-order valence-corrected chi connectivity index (χ2v) is 7.48. The van der Waals surface area contributed by atoms with Gasteiger partial charge in [0.15, 0.2) is 0 Å². The van der Waals surface area contributed by atoms with Crippen molar-refractivity contribution in [2.24, 2.45) is 5.92 Å². The van der Waals surface area contributed by atoms with Crippen LogP contribution in [0.15, 0.2) is 42.9 Å². The fourth-order valence-corrected chi connectivity index (χ4v) is 3.94. The number of aromatic nitrogens is 3. The minimum atomic E-state index is -0.246. The van der Waals surface area contributed by atoms with Crippen LogP contribution in [0.4, 0.5) is 10.2 Å². The molecule has 0 saturated carbocycles. The monoisotopic (exact) mass is 383 g/mol. The number of halogens is 1. The number of benzene rings is 1. The van der Waals surface area contributed by atoms with Crippen molar-refractivity contribution < 1.29 is 9.13 Å². The van der Waals surface area contributed by atoms with Crippen LogP contribution >= 0.6 is 0 Å². The third kappa shape index (κ3) is 3.94. The topological polar surface area (TPSA) is 57.3 Å². The molecule has 6 nitrogen and oxygen atoms in total. The molecule has 1 aliphatic rings. The standard InChI is InChI=1S/C21H26FN5O/c1-15-8-10-27(11-12-28-17-5-3-16(22)4-6-17)13-19(15)26(2)21-18-7-9-23-20(18)24-14-25-21/h3-7,9,14-15,19H,8,10-13H2,1-2H3,(H,23,24,25). The van der Waals surface area contributed by atoms with Crippen molar-refractivity contribution in [3.63, 3.8) is 0 Å². The maximum Gasteiger partial charge on any atom is 0.142 e. The van der Waals surface area contributed by atoms with Crippen LogP contribution < -0.4 is 9.64 Å². The summed E-state index contributed by atoms with van der Waals surface area (Å²) in [5.74, 6) is 2.00. The predicted octanol–water partition coefficient (Wildman–Crippen LogP) is 3.32. The Bertz CT molecular complexity index is 913. The summed E-state index contributed by atoms with van der Waals surface area (Å²) in [5.41, 5.74) is 0.866. The van der Waals surface area contributed by atoms with Gasteiger partial charge in [-0.3, -0.25) is 4.90 Å². The SMILES string of the molecule is CC1CCN(CCOc2ccc(F)cc2)CC1N(C)c1ncnc2[nH]ccc12. The number of ether oxygens (including phenoxy) is 1. The van der Waals surface area contributed by atoms with Gasteiger partial charge in [0.25, 0.3) is 0 Å². The van der Waals surface area contributed by atoms with Gasteiger partial charge in [-0.2, -0.15) is 0 Å². The van der Waals surface area contributed by atoms with E-state index in [-0.39, 0.29) is 5.82 Å². The van der Waals surface area contributed by atoms with Gasteiger partial charge in [-0.05, 0) is 49.2 Å².